The van der Waals surface area contributed by atoms with Crippen molar-refractivity contribution in [3.8, 4) is 0 Å². The molecule has 0 spiro atoms. The van der Waals surface area contributed by atoms with Crippen molar-refractivity contribution >= 4 is 17.4 Å². The summed E-state index contributed by atoms with van der Waals surface area (Å²) in [6, 6.07) is 0. The Kier molecular flexibility index (Phi) is 2230. The molecule has 0 aromatic carbocycles. The molecule has 0 fully saturated rings. The molecule has 0 aliphatic heterocycles. The summed E-state index contributed by atoms with van der Waals surface area (Å²) >= 11 is 0. The van der Waals surface area contributed by atoms with E-state index in [1.165, 1.54) is 0 Å². The molecule has 0 heterocycles. The van der Waals surface area contributed by atoms with Gasteiger partial charge in [0.15, 0.2) is 17.4 Å². The van der Waals surface area contributed by atoms with Crippen LogP contribution in [0.5, 0.6) is 0 Å². The van der Waals surface area contributed by atoms with Gasteiger partial charge in [0.2, 0.25) is 0 Å². The van der Waals surface area contributed by atoms with E-state index in [4.69, 9.17) is 0 Å². The van der Waals surface area contributed by atoms with E-state index in [-0.39, 0.29) is 67.9 Å². The van der Waals surface area contributed by atoms with Crippen LogP contribution in [0.2, 0.25) is 0 Å². The van der Waals surface area contributed by atoms with Crippen LogP contribution in [0.15, 0.2) is 0 Å². The van der Waals surface area contributed by atoms with E-state index in [1.54, 1.807) is 0 Å². The normalized spacial score (nSPS) is 0. The first-order valence-electron chi connectivity index (χ1n) is 0. The minimum absolute atomic E-state index is 0. The van der Waals surface area contributed by atoms with Crippen LogP contribution >= 0.6 is 0 Å². The summed E-state index contributed by atoms with van der Waals surface area (Å²) in [4.78, 5) is 0. The molecule has 0 atom stereocenters. The Morgan fingerprint density at radius 1 is 0.500 bits per heavy atom. The van der Waals surface area contributed by atoms with Crippen molar-refractivity contribution < 1.29 is 50.6 Å². The van der Waals surface area contributed by atoms with Crippen LogP contribution < -0.4 is 0 Å². The third-order valence-electron chi connectivity index (χ3n) is 0. The van der Waals surface area contributed by atoms with Crippen LogP contribution in [-0.4, -0.2) is 33.8 Å². The molecule has 6 heteroatoms. The summed E-state index contributed by atoms with van der Waals surface area (Å²) in [6.45, 7) is 0. The van der Waals surface area contributed by atoms with E-state index >= 15 is 0 Å². The van der Waals surface area contributed by atoms with E-state index < -0.39 is 0 Å². The molecule has 0 amide bonds. The fourth-order valence-electron chi connectivity index (χ4n) is 0. The first-order chi connectivity index (χ1) is 0. The molecule has 0 bridgehead atoms. The van der Waals surface area contributed by atoms with Crippen molar-refractivity contribution in [3.05, 3.63) is 0 Å². The Morgan fingerprint density at radius 3 is 0.500 bits per heavy atom. The molecular formula is H9AlFe2O3. The Bertz CT molecular complexity index is 8.75. The van der Waals surface area contributed by atoms with Crippen molar-refractivity contribution in [3.63, 3.8) is 0 Å². The van der Waals surface area contributed by atoms with Crippen LogP contribution in [0.3, 0.4) is 0 Å². The summed E-state index contributed by atoms with van der Waals surface area (Å²) < 4.78 is 0. The number of hydrogen-bond acceptors (Lipinski definition) is 0. The third kappa shape index (κ3) is 51.3. The molecule has 0 saturated carbocycles. The van der Waals surface area contributed by atoms with Crippen molar-refractivity contribution in [2.24, 2.45) is 0 Å². The molecule has 0 rings (SSSR count). The van der Waals surface area contributed by atoms with Crippen LogP contribution in [0, 0.1) is 0 Å². The quantitative estimate of drug-likeness (QED) is 0.357. The Balaban J connectivity index is 0. The van der Waals surface area contributed by atoms with Crippen LogP contribution in [0.4, 0.5) is 0 Å². The van der Waals surface area contributed by atoms with Crippen LogP contribution in [-0.2, 0) is 34.1 Å². The topological polar surface area (TPSA) is 94.5 Å². The summed E-state index contributed by atoms with van der Waals surface area (Å²) in [5.41, 5.74) is 0. The second kappa shape index (κ2) is 91.0. The van der Waals surface area contributed by atoms with Gasteiger partial charge in [-0.1, -0.05) is 0 Å². The summed E-state index contributed by atoms with van der Waals surface area (Å²) in [7, 11) is 0. The minimum Gasteiger partial charge on any atom is -0.412 e. The Labute approximate surface area is 67.9 Å². The van der Waals surface area contributed by atoms with E-state index in [9.17, 15) is 0 Å². The van der Waals surface area contributed by atoms with Gasteiger partial charge in [0.1, 0.15) is 0 Å². The molecular weight excluding hydrogens is 187 g/mol. The molecule has 3 nitrogen and oxygen atoms in total. The molecule has 0 aromatic rings. The predicted octanol–water partition coefficient (Wildman–Crippen LogP) is -3.66. The minimum atomic E-state index is 0. The number of rotatable bonds is 0. The molecule has 0 aliphatic carbocycles. The fourth-order valence-corrected chi connectivity index (χ4v) is 0. The van der Waals surface area contributed by atoms with E-state index in [0.717, 1.165) is 0 Å². The first kappa shape index (κ1) is 147. The second-order valence-electron chi connectivity index (χ2n) is 0. The van der Waals surface area contributed by atoms with Crippen molar-refractivity contribution in [2.75, 3.05) is 0 Å². The van der Waals surface area contributed by atoms with Crippen LogP contribution in [0.1, 0.15) is 0 Å². The van der Waals surface area contributed by atoms with Crippen molar-refractivity contribution in [1.29, 1.82) is 0 Å². The predicted molar refractivity (Wildman–Crippen MR) is 20.8 cm³/mol. The van der Waals surface area contributed by atoms with Gasteiger partial charge < -0.3 is 16.4 Å². The Morgan fingerprint density at radius 2 is 0.500 bits per heavy atom. The van der Waals surface area contributed by atoms with Gasteiger partial charge >= 0.3 is 0 Å². The molecule has 6 N–H and O–H groups in total. The van der Waals surface area contributed by atoms with Gasteiger partial charge in [0, 0.05) is 34.1 Å². The molecule has 0 aliphatic rings. The average Bonchev–Trinajstić information content (AvgIpc) is 0. The van der Waals surface area contributed by atoms with E-state index in [2.05, 4.69) is 0 Å². The molecule has 0 aromatic heterocycles. The number of hydrogen-bond donors (Lipinski definition) is 0. The monoisotopic (exact) mass is 196 g/mol. The summed E-state index contributed by atoms with van der Waals surface area (Å²) in [5, 5.41) is 0. The molecule has 0 radical (unpaired) electrons. The SMILES string of the molecule is O.O.O.[AlH3].[Fe].[Fe]. The van der Waals surface area contributed by atoms with Gasteiger partial charge in [-0.2, -0.15) is 0 Å². The third-order valence-corrected chi connectivity index (χ3v) is 0. The maximum absolute atomic E-state index is 0. The van der Waals surface area contributed by atoms with E-state index in [1.807, 2.05) is 0 Å². The van der Waals surface area contributed by atoms with Gasteiger partial charge in [0.25, 0.3) is 0 Å². The first-order valence-corrected chi connectivity index (χ1v) is 0. The van der Waals surface area contributed by atoms with Gasteiger partial charge in [-0.25, -0.2) is 0 Å². The van der Waals surface area contributed by atoms with Gasteiger partial charge in [0.05, 0.1) is 0 Å². The van der Waals surface area contributed by atoms with E-state index in [0.29, 0.717) is 0 Å². The van der Waals surface area contributed by atoms with Gasteiger partial charge in [-0.15, -0.1) is 0 Å². The maximum Gasteiger partial charge on any atom is 0.187 e. The van der Waals surface area contributed by atoms with Gasteiger partial charge in [-0.3, -0.25) is 0 Å². The average molecular weight is 196 g/mol. The summed E-state index contributed by atoms with van der Waals surface area (Å²) in [6.07, 6.45) is 0. The largest absolute Gasteiger partial charge is 0.412 e. The molecule has 0 unspecified atom stereocenters. The van der Waals surface area contributed by atoms with Crippen LogP contribution in [0.25, 0.3) is 0 Å². The molecule has 0 saturated heterocycles. The second-order valence-corrected chi connectivity index (χ2v) is 0. The van der Waals surface area contributed by atoms with Crippen molar-refractivity contribution in [2.45, 2.75) is 0 Å². The maximum atomic E-state index is 0. The fraction of sp³-hybridized carbons (Fsp3) is 0. The van der Waals surface area contributed by atoms with Gasteiger partial charge in [-0.05, 0) is 0 Å². The zero-order valence-corrected chi connectivity index (χ0v) is 4.42. The molecule has 46 valence electrons. The molecule has 6 heavy (non-hydrogen) atoms. The standard InChI is InChI=1S/Al.2Fe.3H2O.3H/h;;;3*1H2;;;. The Hall–Kier alpha value is 1.45. The zero-order chi connectivity index (χ0) is 0. The summed E-state index contributed by atoms with van der Waals surface area (Å²) in [5.74, 6) is 0. The smallest absolute Gasteiger partial charge is 0.187 e. The van der Waals surface area contributed by atoms with Crippen molar-refractivity contribution in [1.82, 2.24) is 0 Å². The zero-order valence-electron chi connectivity index (χ0n) is 2.21.